The molecule has 3 amide bonds. The number of ether oxygens (including phenoxy) is 2. The van der Waals surface area contributed by atoms with Gasteiger partial charge in [-0.25, -0.2) is 10.3 Å². The minimum Gasteiger partial charge on any atom is -0.491 e. The summed E-state index contributed by atoms with van der Waals surface area (Å²) < 4.78 is 11.4. The van der Waals surface area contributed by atoms with Crippen LogP contribution >= 0.6 is 11.8 Å². The Morgan fingerprint density at radius 1 is 1.07 bits per heavy atom. The Labute approximate surface area is 244 Å². The third kappa shape index (κ3) is 10.5. The molecule has 0 saturated heterocycles. The molecule has 0 aliphatic carbocycles. The second-order valence-corrected chi connectivity index (χ2v) is 11.4. The quantitative estimate of drug-likeness (QED) is 0.114. The van der Waals surface area contributed by atoms with Crippen LogP contribution in [0.3, 0.4) is 0 Å². The van der Waals surface area contributed by atoms with E-state index in [2.05, 4.69) is 15.6 Å². The highest BCUT2D eigenvalue weighted by molar-refractivity contribution is 7.98. The van der Waals surface area contributed by atoms with Gasteiger partial charge in [0.25, 0.3) is 5.91 Å². The van der Waals surface area contributed by atoms with Crippen LogP contribution in [0.5, 0.6) is 5.75 Å². The van der Waals surface area contributed by atoms with Gasteiger partial charge in [0.05, 0.1) is 6.04 Å². The van der Waals surface area contributed by atoms with Crippen LogP contribution in [0.2, 0.25) is 0 Å². The smallest absolute Gasteiger partial charge is 0.408 e. The first-order valence-electron chi connectivity index (χ1n) is 13.3. The van der Waals surface area contributed by atoms with Gasteiger partial charge < -0.3 is 25.1 Å². The predicted octanol–water partition coefficient (Wildman–Crippen LogP) is 4.44. The maximum Gasteiger partial charge on any atom is 0.408 e. The minimum absolute atomic E-state index is 0.176. The van der Waals surface area contributed by atoms with E-state index < -0.39 is 29.7 Å². The molecule has 0 bridgehead atoms. The Morgan fingerprint density at radius 2 is 1.80 bits per heavy atom. The summed E-state index contributed by atoms with van der Waals surface area (Å²) in [6.45, 7) is 5.49. The molecule has 0 radical (unpaired) electrons. The molecule has 0 aliphatic heterocycles. The Balaban J connectivity index is 1.75. The molecule has 1 heterocycles. The molecule has 220 valence electrons. The van der Waals surface area contributed by atoms with Crippen molar-refractivity contribution < 1.29 is 29.1 Å². The number of carbonyl (C=O) groups is 3. The number of alkyl carbamates (subject to hydrolysis) is 1. The van der Waals surface area contributed by atoms with Crippen molar-refractivity contribution in [2.75, 3.05) is 18.6 Å². The Hall–Kier alpha value is -3.96. The van der Waals surface area contributed by atoms with Crippen molar-refractivity contribution in [3.8, 4) is 5.75 Å². The van der Waals surface area contributed by atoms with Crippen LogP contribution in [0.1, 0.15) is 38.3 Å². The molecule has 41 heavy (non-hydrogen) atoms. The number of fused-ring (bicyclic) bond motifs is 1. The van der Waals surface area contributed by atoms with E-state index in [1.165, 1.54) is 6.08 Å². The molecule has 0 spiro atoms. The predicted molar refractivity (Wildman–Crippen MR) is 161 cm³/mol. The van der Waals surface area contributed by atoms with E-state index in [9.17, 15) is 14.4 Å². The number of hydrogen-bond acceptors (Lipinski definition) is 7. The van der Waals surface area contributed by atoms with Gasteiger partial charge in [-0.15, -0.1) is 0 Å². The number of nitrogens with one attached hydrogen (secondary N) is 4. The fourth-order valence-electron chi connectivity index (χ4n) is 4.05. The van der Waals surface area contributed by atoms with E-state index in [-0.39, 0.29) is 12.5 Å². The molecular formula is C30H38N4O6S. The molecule has 0 unspecified atom stereocenters. The summed E-state index contributed by atoms with van der Waals surface area (Å²) in [6, 6.07) is 13.8. The number of thioether (sulfide) groups is 1. The van der Waals surface area contributed by atoms with E-state index >= 15 is 0 Å². The minimum atomic E-state index is -0.773. The number of aromatic amines is 1. The average molecular weight is 583 g/mol. The molecule has 0 saturated carbocycles. The molecule has 3 rings (SSSR count). The second-order valence-electron chi connectivity index (χ2n) is 10.4. The fraction of sp³-hybridized carbons (Fsp3) is 0.367. The maximum atomic E-state index is 13.4. The normalized spacial score (nSPS) is 13.0. The zero-order valence-electron chi connectivity index (χ0n) is 23.7. The van der Waals surface area contributed by atoms with Gasteiger partial charge in [0.1, 0.15) is 24.0 Å². The topological polar surface area (TPSA) is 142 Å². The van der Waals surface area contributed by atoms with Crippen molar-refractivity contribution in [3.05, 3.63) is 71.9 Å². The van der Waals surface area contributed by atoms with Gasteiger partial charge in [-0.2, -0.15) is 11.8 Å². The zero-order chi connectivity index (χ0) is 29.8. The third-order valence-electron chi connectivity index (χ3n) is 5.97. The Bertz CT molecular complexity index is 1330. The first-order valence-corrected chi connectivity index (χ1v) is 14.7. The largest absolute Gasteiger partial charge is 0.491 e. The summed E-state index contributed by atoms with van der Waals surface area (Å²) in [5.74, 6) is 0.315. The number of H-pyrrole nitrogens is 1. The van der Waals surface area contributed by atoms with Crippen molar-refractivity contribution in [3.63, 3.8) is 0 Å². The lowest BCUT2D eigenvalue weighted by Crippen LogP contribution is -2.52. The average Bonchev–Trinajstić information content (AvgIpc) is 3.34. The number of aromatic nitrogens is 1. The van der Waals surface area contributed by atoms with Crippen LogP contribution in [-0.2, 0) is 20.7 Å². The molecule has 0 aliphatic rings. The summed E-state index contributed by atoms with van der Waals surface area (Å²) in [4.78, 5) is 40.4. The van der Waals surface area contributed by atoms with Gasteiger partial charge in [-0.3, -0.25) is 14.8 Å². The molecule has 11 heteroatoms. The third-order valence-corrected chi connectivity index (χ3v) is 6.62. The van der Waals surface area contributed by atoms with E-state index in [0.717, 1.165) is 22.0 Å². The van der Waals surface area contributed by atoms with Crippen LogP contribution in [0.15, 0.2) is 60.8 Å². The number of para-hydroxylation sites is 1. The molecular weight excluding hydrogens is 544 g/mol. The molecule has 10 nitrogen and oxygen atoms in total. The van der Waals surface area contributed by atoms with Crippen LogP contribution in [0.25, 0.3) is 17.0 Å². The summed E-state index contributed by atoms with van der Waals surface area (Å²) in [7, 11) is 0. The highest BCUT2D eigenvalue weighted by Crippen LogP contribution is 2.20. The first kappa shape index (κ1) is 31.6. The van der Waals surface area contributed by atoms with Crippen LogP contribution in [0.4, 0.5) is 4.79 Å². The monoisotopic (exact) mass is 582 g/mol. The maximum absolute atomic E-state index is 13.4. The van der Waals surface area contributed by atoms with Gasteiger partial charge in [0.15, 0.2) is 0 Å². The van der Waals surface area contributed by atoms with Crippen molar-refractivity contribution in [2.24, 2.45) is 0 Å². The first-order chi connectivity index (χ1) is 19.6. The second kappa shape index (κ2) is 15.2. The van der Waals surface area contributed by atoms with Gasteiger partial charge in [0.2, 0.25) is 5.91 Å². The van der Waals surface area contributed by atoms with E-state index in [0.29, 0.717) is 24.3 Å². The molecule has 1 aromatic heterocycles. The molecule has 5 N–H and O–H groups in total. The van der Waals surface area contributed by atoms with Gasteiger partial charge in [-0.1, -0.05) is 30.3 Å². The Morgan fingerprint density at radius 3 is 2.49 bits per heavy atom. The molecule has 2 aromatic carbocycles. The number of hydrogen-bond donors (Lipinski definition) is 5. The fourth-order valence-corrected chi connectivity index (χ4v) is 4.53. The summed E-state index contributed by atoms with van der Waals surface area (Å²) in [5, 5.41) is 15.5. The van der Waals surface area contributed by atoms with Crippen molar-refractivity contribution in [1.29, 1.82) is 0 Å². The lowest BCUT2D eigenvalue weighted by Gasteiger charge is -2.25. The highest BCUT2D eigenvalue weighted by Gasteiger charge is 2.26. The zero-order valence-corrected chi connectivity index (χ0v) is 24.5. The van der Waals surface area contributed by atoms with E-state index in [1.54, 1.807) is 68.4 Å². The van der Waals surface area contributed by atoms with Gasteiger partial charge in [-0.05, 0) is 81.0 Å². The number of amides is 3. The lowest BCUT2D eigenvalue weighted by molar-refractivity contribution is -0.124. The number of carbonyl (C=O) groups excluding carboxylic acids is 3. The van der Waals surface area contributed by atoms with Crippen LogP contribution in [-0.4, -0.2) is 64.4 Å². The van der Waals surface area contributed by atoms with E-state index in [1.807, 2.05) is 36.7 Å². The molecule has 3 aromatic rings. The SMILES string of the molecule is CSCC[C@@H](NC(=O)OC(C)(C)C)C(=O)N[C@H](COc1ccc(/C=C/C(=O)NO)cc1)Cc1c[nH]c2ccccc12. The van der Waals surface area contributed by atoms with E-state index in [4.69, 9.17) is 14.7 Å². The number of hydroxylamine groups is 1. The number of benzene rings is 2. The van der Waals surface area contributed by atoms with Gasteiger partial charge >= 0.3 is 6.09 Å². The standard InChI is InChI=1S/C30H38N4O6S/c1-30(2,3)40-29(37)33-26(15-16-41-4)28(36)32-22(17-21-18-31-25-8-6-5-7-24(21)25)19-39-23-12-9-20(10-13-23)11-14-27(35)34-38/h5-14,18,22,26,31,38H,15-17,19H2,1-4H3,(H,32,36)(H,33,37)(H,34,35)/b14-11+/t22-,26+/m0/s1. The summed E-state index contributed by atoms with van der Waals surface area (Å²) >= 11 is 1.59. The van der Waals surface area contributed by atoms with Crippen LogP contribution in [0, 0.1) is 0 Å². The molecule has 2 atom stereocenters. The Kier molecular flexibility index (Phi) is 11.7. The van der Waals surface area contributed by atoms with Crippen molar-refractivity contribution in [2.45, 2.75) is 51.3 Å². The van der Waals surface area contributed by atoms with Crippen molar-refractivity contribution >= 4 is 46.6 Å². The van der Waals surface area contributed by atoms with Crippen LogP contribution < -0.4 is 20.9 Å². The summed E-state index contributed by atoms with van der Waals surface area (Å²) in [6.07, 6.45) is 6.93. The van der Waals surface area contributed by atoms with Gasteiger partial charge in [0, 0.05) is 23.2 Å². The summed E-state index contributed by atoms with van der Waals surface area (Å²) in [5.41, 5.74) is 3.62. The highest BCUT2D eigenvalue weighted by atomic mass is 32.2. The molecule has 0 fully saturated rings. The number of rotatable bonds is 13. The van der Waals surface area contributed by atoms with Crippen molar-refractivity contribution in [1.82, 2.24) is 21.1 Å². The lowest BCUT2D eigenvalue weighted by atomic mass is 10.0.